The van der Waals surface area contributed by atoms with Crippen molar-refractivity contribution in [2.24, 2.45) is 29.6 Å². The molecule has 2 aliphatic carbocycles. The van der Waals surface area contributed by atoms with Crippen LogP contribution in [0, 0.1) is 29.6 Å². The smallest absolute Gasteiger partial charge is 0.184 e. The van der Waals surface area contributed by atoms with Crippen LogP contribution in [-0.4, -0.2) is 75.6 Å². The zero-order valence-corrected chi connectivity index (χ0v) is 28.9. The SMILES string of the molecule is CC.CC/C=C/C1CCCCC(C)C(=O)C2=CC3CC(CCC)C=CC3C2COO1.COC1C(OC)[C@H](O)OC(C)[C@@H]1OC. The third-order valence-electron chi connectivity index (χ3n) is 9.29. The van der Waals surface area contributed by atoms with E-state index < -0.39 is 12.4 Å². The van der Waals surface area contributed by atoms with Crippen LogP contribution in [0.4, 0.5) is 0 Å². The van der Waals surface area contributed by atoms with E-state index >= 15 is 0 Å². The van der Waals surface area contributed by atoms with Gasteiger partial charge < -0.3 is 24.1 Å². The van der Waals surface area contributed by atoms with Gasteiger partial charge in [-0.05, 0) is 62.4 Å². The van der Waals surface area contributed by atoms with E-state index in [9.17, 15) is 9.90 Å². The minimum Gasteiger partial charge on any atom is -0.376 e. The van der Waals surface area contributed by atoms with E-state index in [0.29, 0.717) is 30.1 Å². The van der Waals surface area contributed by atoms with Gasteiger partial charge in [0, 0.05) is 33.2 Å². The van der Waals surface area contributed by atoms with E-state index in [2.05, 4.69) is 51.2 Å². The molecule has 4 rings (SSSR count). The molecule has 254 valence electrons. The Balaban J connectivity index is 0.000000355. The first-order valence-corrected chi connectivity index (χ1v) is 17.1. The minimum absolute atomic E-state index is 0.0193. The number of fused-ring (bicyclic) bond motifs is 3. The highest BCUT2D eigenvalue weighted by Gasteiger charge is 2.45. The number of methoxy groups -OCH3 is 3. The number of rotatable bonds is 7. The maximum absolute atomic E-state index is 13.2. The Hall–Kier alpha value is -1.39. The van der Waals surface area contributed by atoms with Gasteiger partial charge in [0.25, 0.3) is 0 Å². The fourth-order valence-electron chi connectivity index (χ4n) is 6.95. The summed E-state index contributed by atoms with van der Waals surface area (Å²) in [4.78, 5) is 24.7. The van der Waals surface area contributed by atoms with Crippen molar-refractivity contribution in [1.29, 1.82) is 0 Å². The molecule has 9 unspecified atom stereocenters. The Morgan fingerprint density at radius 1 is 0.977 bits per heavy atom. The lowest BCUT2D eigenvalue weighted by Gasteiger charge is -2.41. The van der Waals surface area contributed by atoms with Gasteiger partial charge in [-0.1, -0.05) is 84.3 Å². The highest BCUT2D eigenvalue weighted by atomic mass is 17.2. The topological polar surface area (TPSA) is 92.7 Å². The van der Waals surface area contributed by atoms with Crippen LogP contribution in [0.15, 0.2) is 36.0 Å². The predicted octanol–water partition coefficient (Wildman–Crippen LogP) is 7.01. The number of Topliss-reactive ketones (excluding diaryl/α,β-unsaturated/α-hetero) is 1. The fraction of sp³-hybridized carbons (Fsp3) is 0.806. The molecule has 0 aromatic carbocycles. The molecule has 8 heteroatoms. The summed E-state index contributed by atoms with van der Waals surface area (Å²) in [5, 5.41) is 9.57. The molecule has 2 fully saturated rings. The van der Waals surface area contributed by atoms with Gasteiger partial charge in [0.2, 0.25) is 0 Å². The highest BCUT2D eigenvalue weighted by Crippen LogP contribution is 2.46. The average molecular weight is 623 g/mol. The second-order valence-corrected chi connectivity index (χ2v) is 12.3. The lowest BCUT2D eigenvalue weighted by Crippen LogP contribution is -2.58. The van der Waals surface area contributed by atoms with Crippen LogP contribution in [0.1, 0.15) is 92.9 Å². The molecule has 0 aromatic heterocycles. The number of aliphatic hydroxyl groups excluding tert-OH is 1. The van der Waals surface area contributed by atoms with Crippen molar-refractivity contribution < 1.29 is 38.6 Å². The lowest BCUT2D eigenvalue weighted by atomic mass is 9.75. The van der Waals surface area contributed by atoms with Crippen molar-refractivity contribution in [2.45, 2.75) is 130 Å². The molecule has 8 nitrogen and oxygen atoms in total. The van der Waals surface area contributed by atoms with Crippen LogP contribution in [0.3, 0.4) is 0 Å². The molecule has 0 saturated carbocycles. The van der Waals surface area contributed by atoms with Gasteiger partial charge in [0.05, 0.1) is 12.7 Å². The summed E-state index contributed by atoms with van der Waals surface area (Å²) < 4.78 is 20.9. The zero-order chi connectivity index (χ0) is 32.6. The Morgan fingerprint density at radius 3 is 2.30 bits per heavy atom. The highest BCUT2D eigenvalue weighted by molar-refractivity contribution is 5.98. The third-order valence-corrected chi connectivity index (χ3v) is 9.29. The van der Waals surface area contributed by atoms with E-state index in [1.54, 1.807) is 14.2 Å². The van der Waals surface area contributed by atoms with E-state index in [4.69, 9.17) is 28.7 Å². The predicted molar refractivity (Wildman–Crippen MR) is 174 cm³/mol. The first kappa shape index (κ1) is 38.8. The summed E-state index contributed by atoms with van der Waals surface area (Å²) in [6, 6.07) is 0. The second-order valence-electron chi connectivity index (χ2n) is 12.3. The first-order chi connectivity index (χ1) is 21.3. The summed E-state index contributed by atoms with van der Waals surface area (Å²) in [6.45, 7) is 12.8. The fourth-order valence-corrected chi connectivity index (χ4v) is 6.95. The largest absolute Gasteiger partial charge is 0.376 e. The Morgan fingerprint density at radius 2 is 1.66 bits per heavy atom. The van der Waals surface area contributed by atoms with Gasteiger partial charge in [0.1, 0.15) is 24.4 Å². The number of carbonyl (C=O) groups is 1. The molecule has 0 amide bonds. The van der Waals surface area contributed by atoms with Crippen LogP contribution in [0.2, 0.25) is 0 Å². The van der Waals surface area contributed by atoms with Crippen molar-refractivity contribution >= 4 is 5.78 Å². The van der Waals surface area contributed by atoms with Gasteiger partial charge >= 0.3 is 0 Å². The number of hydrogen-bond acceptors (Lipinski definition) is 8. The molecule has 0 aromatic rings. The number of carbonyl (C=O) groups excluding carboxylic acids is 1. The summed E-state index contributed by atoms with van der Waals surface area (Å²) in [5.74, 6) is 2.09. The van der Waals surface area contributed by atoms with Crippen molar-refractivity contribution in [3.63, 3.8) is 0 Å². The van der Waals surface area contributed by atoms with Crippen LogP contribution in [-0.2, 0) is 33.5 Å². The van der Waals surface area contributed by atoms with Crippen molar-refractivity contribution in [3.8, 4) is 0 Å². The number of ether oxygens (including phenoxy) is 4. The third kappa shape index (κ3) is 10.6. The molecule has 1 N–H and O–H groups in total. The van der Waals surface area contributed by atoms with Gasteiger partial charge in [-0.15, -0.1) is 0 Å². The molecule has 11 atom stereocenters. The van der Waals surface area contributed by atoms with E-state index in [1.807, 2.05) is 20.8 Å². The van der Waals surface area contributed by atoms with Crippen molar-refractivity contribution in [3.05, 3.63) is 36.0 Å². The standard InChI is InChI=1S/C25H38O3.C9H18O5.C2H6/c1-4-6-11-21-12-8-7-10-18(3)25(26)23-16-20-15-19(9-5-2)13-14-22(20)24(23)17-27-28-21;1-5-6(11-2)7(12-3)8(13-4)9(10)14-5;1-2/h6,11,13-14,16,18-22,24H,4-5,7-10,12,15,17H2,1-3H3;5-10H,1-4H3;1-2H3/b11-6+;;/t;5?,6-,7?,8?,9+;/m.0./s1. The van der Waals surface area contributed by atoms with Crippen LogP contribution >= 0.6 is 0 Å². The van der Waals surface area contributed by atoms with Gasteiger partial charge in [-0.25, -0.2) is 9.78 Å². The number of allylic oxidation sites excluding steroid dienone is 4. The van der Waals surface area contributed by atoms with Gasteiger partial charge in [-0.3, -0.25) is 4.79 Å². The van der Waals surface area contributed by atoms with Crippen molar-refractivity contribution in [2.75, 3.05) is 27.9 Å². The Labute approximate surface area is 267 Å². The van der Waals surface area contributed by atoms with E-state index in [1.165, 1.54) is 26.4 Å². The van der Waals surface area contributed by atoms with Crippen LogP contribution in [0.5, 0.6) is 0 Å². The number of ketones is 1. The van der Waals surface area contributed by atoms with Crippen LogP contribution in [0.25, 0.3) is 0 Å². The number of aliphatic hydroxyl groups is 1. The normalized spacial score (nSPS) is 37.7. The lowest BCUT2D eigenvalue weighted by molar-refractivity contribution is -0.320. The second kappa shape index (κ2) is 20.7. The summed E-state index contributed by atoms with van der Waals surface area (Å²) in [5.41, 5.74) is 1.01. The molecular weight excluding hydrogens is 560 g/mol. The van der Waals surface area contributed by atoms with Crippen LogP contribution < -0.4 is 0 Å². The van der Waals surface area contributed by atoms with Crippen molar-refractivity contribution in [1.82, 2.24) is 0 Å². The Bertz CT molecular complexity index is 885. The van der Waals surface area contributed by atoms with Gasteiger partial charge in [0.15, 0.2) is 12.1 Å². The Kier molecular flexibility index (Phi) is 18.2. The summed E-state index contributed by atoms with van der Waals surface area (Å²) in [6.07, 6.45) is 17.8. The quantitative estimate of drug-likeness (QED) is 0.240. The van der Waals surface area contributed by atoms with E-state index in [0.717, 1.165) is 37.7 Å². The molecular formula is C36H62O8. The summed E-state index contributed by atoms with van der Waals surface area (Å²) >= 11 is 0. The maximum atomic E-state index is 13.2. The van der Waals surface area contributed by atoms with E-state index in [-0.39, 0.29) is 36.3 Å². The monoisotopic (exact) mass is 622 g/mol. The molecule has 2 saturated heterocycles. The number of hydrogen-bond donors (Lipinski definition) is 1. The van der Waals surface area contributed by atoms with Gasteiger partial charge in [-0.2, -0.15) is 0 Å². The first-order valence-electron chi connectivity index (χ1n) is 17.1. The molecule has 0 spiro atoms. The average Bonchev–Trinajstić information content (AvgIpc) is 3.39. The summed E-state index contributed by atoms with van der Waals surface area (Å²) in [7, 11) is 4.65. The molecule has 2 aliphatic heterocycles. The molecule has 0 radical (unpaired) electrons. The molecule has 2 heterocycles. The molecule has 0 bridgehead atoms. The zero-order valence-electron chi connectivity index (χ0n) is 28.9. The molecule has 4 aliphatic rings. The molecule has 44 heavy (non-hydrogen) atoms. The maximum Gasteiger partial charge on any atom is 0.184 e. The minimum atomic E-state index is -0.966.